The molecule has 148 valence electrons. The lowest BCUT2D eigenvalue weighted by atomic mass is 9.84. The lowest BCUT2D eigenvalue weighted by Gasteiger charge is -2.46. The number of halogens is 1. The van der Waals surface area contributed by atoms with Crippen molar-refractivity contribution in [2.24, 2.45) is 5.92 Å². The second-order valence-corrected chi connectivity index (χ2v) is 8.29. The van der Waals surface area contributed by atoms with E-state index in [0.717, 1.165) is 24.8 Å². The molecule has 4 rings (SSSR count). The van der Waals surface area contributed by atoms with Gasteiger partial charge in [0.1, 0.15) is 18.3 Å². The summed E-state index contributed by atoms with van der Waals surface area (Å²) in [4.78, 5) is 30.2. The topological polar surface area (TPSA) is 53.8 Å². The van der Waals surface area contributed by atoms with Crippen LogP contribution in [0.15, 0.2) is 47.1 Å². The number of carbonyl (C=O) groups is 2. The number of hydrogen-bond donors (Lipinski definition) is 0. The van der Waals surface area contributed by atoms with Crippen LogP contribution in [-0.4, -0.2) is 34.2 Å². The lowest BCUT2D eigenvalue weighted by Crippen LogP contribution is -2.59. The molecule has 2 heterocycles. The molecule has 1 aliphatic heterocycles. The van der Waals surface area contributed by atoms with Gasteiger partial charge in [0.05, 0.1) is 12.8 Å². The predicted molar refractivity (Wildman–Crippen MR) is 107 cm³/mol. The summed E-state index contributed by atoms with van der Waals surface area (Å²) in [5.74, 6) is 1.02. The molecule has 28 heavy (non-hydrogen) atoms. The Morgan fingerprint density at radius 2 is 1.86 bits per heavy atom. The zero-order valence-corrected chi connectivity index (χ0v) is 16.8. The number of nitrogens with zero attached hydrogens (tertiary/aromatic N) is 2. The van der Waals surface area contributed by atoms with Crippen molar-refractivity contribution in [2.45, 2.75) is 51.2 Å². The number of amides is 2. The van der Waals surface area contributed by atoms with Crippen LogP contribution in [0.3, 0.4) is 0 Å². The molecule has 2 aliphatic rings. The molecule has 1 saturated heterocycles. The van der Waals surface area contributed by atoms with E-state index >= 15 is 0 Å². The molecule has 5 nitrogen and oxygen atoms in total. The van der Waals surface area contributed by atoms with E-state index < -0.39 is 6.04 Å². The van der Waals surface area contributed by atoms with Gasteiger partial charge in [0, 0.05) is 11.1 Å². The van der Waals surface area contributed by atoms with Crippen LogP contribution in [0.2, 0.25) is 5.02 Å². The van der Waals surface area contributed by atoms with E-state index in [0.29, 0.717) is 16.7 Å². The molecular weight excluding hydrogens is 376 g/mol. The highest BCUT2D eigenvalue weighted by Crippen LogP contribution is 2.35. The molecule has 0 bridgehead atoms. The highest BCUT2D eigenvalue weighted by atomic mass is 35.5. The maximum absolute atomic E-state index is 13.6. The van der Waals surface area contributed by atoms with E-state index in [9.17, 15) is 9.59 Å². The quantitative estimate of drug-likeness (QED) is 0.763. The van der Waals surface area contributed by atoms with Crippen molar-refractivity contribution >= 4 is 23.4 Å². The van der Waals surface area contributed by atoms with Crippen molar-refractivity contribution in [3.63, 3.8) is 0 Å². The summed E-state index contributed by atoms with van der Waals surface area (Å²) in [7, 11) is 0. The summed E-state index contributed by atoms with van der Waals surface area (Å²) in [6.45, 7) is 2.60. The summed E-state index contributed by atoms with van der Waals surface area (Å²) in [5, 5.41) is 0.605. The van der Waals surface area contributed by atoms with E-state index in [1.54, 1.807) is 29.4 Å². The Morgan fingerprint density at radius 1 is 1.11 bits per heavy atom. The molecule has 6 heteroatoms. The average molecular weight is 401 g/mol. The van der Waals surface area contributed by atoms with E-state index in [4.69, 9.17) is 16.0 Å². The van der Waals surface area contributed by atoms with Crippen molar-refractivity contribution in [2.75, 3.05) is 6.54 Å². The Bertz CT molecular complexity index is 834. The van der Waals surface area contributed by atoms with Gasteiger partial charge in [0.15, 0.2) is 0 Å². The maximum atomic E-state index is 13.6. The van der Waals surface area contributed by atoms with Gasteiger partial charge in [0.2, 0.25) is 5.91 Å². The maximum Gasteiger partial charge on any atom is 0.250 e. The Morgan fingerprint density at radius 3 is 2.54 bits per heavy atom. The third kappa shape index (κ3) is 3.68. The van der Waals surface area contributed by atoms with E-state index in [1.807, 2.05) is 23.1 Å². The number of hydrogen-bond acceptors (Lipinski definition) is 3. The number of furan rings is 1. The van der Waals surface area contributed by atoms with Gasteiger partial charge in [-0.15, -0.1) is 0 Å². The minimum Gasteiger partial charge on any atom is -0.467 e. The summed E-state index contributed by atoms with van der Waals surface area (Å²) in [5.41, 5.74) is 0.780. The molecule has 1 aromatic heterocycles. The number of piperazine rings is 1. The second kappa shape index (κ2) is 8.00. The van der Waals surface area contributed by atoms with E-state index in [1.165, 1.54) is 6.42 Å². The van der Waals surface area contributed by atoms with Gasteiger partial charge in [0.25, 0.3) is 5.91 Å². The van der Waals surface area contributed by atoms with Crippen LogP contribution < -0.4 is 0 Å². The first-order valence-electron chi connectivity index (χ1n) is 9.92. The molecular formula is C22H25ClN2O3. The Hall–Kier alpha value is -2.27. The molecule has 3 unspecified atom stereocenters. The summed E-state index contributed by atoms with van der Waals surface area (Å²) >= 11 is 6.05. The zero-order valence-electron chi connectivity index (χ0n) is 16.0. The summed E-state index contributed by atoms with van der Waals surface area (Å²) in [6, 6.07) is 10.3. The van der Waals surface area contributed by atoms with Gasteiger partial charge in [-0.2, -0.15) is 0 Å². The SMILES string of the molecule is CC1CCCCC1N1CC(=O)N(Cc2ccco2)C(c2ccc(Cl)cc2)C1=O. The van der Waals surface area contributed by atoms with Gasteiger partial charge < -0.3 is 14.2 Å². The first kappa shape index (κ1) is 19.1. The first-order valence-corrected chi connectivity index (χ1v) is 10.3. The minimum absolute atomic E-state index is 0.00720. The fraction of sp³-hybridized carbons (Fsp3) is 0.455. The smallest absolute Gasteiger partial charge is 0.250 e. The molecule has 2 fully saturated rings. The van der Waals surface area contributed by atoms with Gasteiger partial charge in [-0.1, -0.05) is 43.5 Å². The molecule has 1 saturated carbocycles. The van der Waals surface area contributed by atoms with Crippen LogP contribution in [0.25, 0.3) is 0 Å². The third-order valence-electron chi connectivity index (χ3n) is 6.01. The van der Waals surface area contributed by atoms with Gasteiger partial charge in [-0.25, -0.2) is 0 Å². The van der Waals surface area contributed by atoms with Crippen molar-refractivity contribution in [3.8, 4) is 0 Å². The van der Waals surface area contributed by atoms with Crippen LogP contribution in [0, 0.1) is 5.92 Å². The third-order valence-corrected chi connectivity index (χ3v) is 6.27. The number of rotatable bonds is 4. The highest BCUT2D eigenvalue weighted by molar-refractivity contribution is 6.30. The van der Waals surface area contributed by atoms with E-state index in [-0.39, 0.29) is 30.9 Å². The first-order chi connectivity index (χ1) is 13.5. The van der Waals surface area contributed by atoms with Gasteiger partial charge in [-0.3, -0.25) is 9.59 Å². The molecule has 0 spiro atoms. The highest BCUT2D eigenvalue weighted by Gasteiger charge is 2.44. The molecule has 1 aromatic carbocycles. The van der Waals surface area contributed by atoms with Crippen LogP contribution in [0.4, 0.5) is 0 Å². The normalized spacial score (nSPS) is 26.0. The average Bonchev–Trinajstić information content (AvgIpc) is 3.20. The number of carbonyl (C=O) groups excluding carboxylic acids is 2. The van der Waals surface area contributed by atoms with Crippen molar-refractivity contribution in [1.29, 1.82) is 0 Å². The Labute approximate surface area is 170 Å². The Balaban J connectivity index is 1.68. The fourth-order valence-electron chi connectivity index (χ4n) is 4.51. The molecule has 0 radical (unpaired) electrons. The van der Waals surface area contributed by atoms with Crippen molar-refractivity contribution in [3.05, 3.63) is 59.0 Å². The second-order valence-electron chi connectivity index (χ2n) is 7.85. The van der Waals surface area contributed by atoms with E-state index in [2.05, 4.69) is 6.92 Å². The van der Waals surface area contributed by atoms with Crippen molar-refractivity contribution < 1.29 is 14.0 Å². The summed E-state index contributed by atoms with van der Waals surface area (Å²) < 4.78 is 5.44. The molecule has 0 N–H and O–H groups in total. The minimum atomic E-state index is -0.655. The summed E-state index contributed by atoms with van der Waals surface area (Å²) in [6.07, 6.45) is 5.95. The van der Waals surface area contributed by atoms with Crippen LogP contribution in [0.1, 0.15) is 50.0 Å². The molecule has 1 aliphatic carbocycles. The number of benzene rings is 1. The molecule has 2 aromatic rings. The zero-order chi connectivity index (χ0) is 19.7. The van der Waals surface area contributed by atoms with Crippen LogP contribution >= 0.6 is 11.6 Å². The van der Waals surface area contributed by atoms with Crippen molar-refractivity contribution in [1.82, 2.24) is 9.80 Å². The lowest BCUT2D eigenvalue weighted by molar-refractivity contribution is -0.161. The fourth-order valence-corrected chi connectivity index (χ4v) is 4.63. The van der Waals surface area contributed by atoms with Gasteiger partial charge >= 0.3 is 0 Å². The molecule has 3 atom stereocenters. The largest absolute Gasteiger partial charge is 0.467 e. The van der Waals surface area contributed by atoms with Gasteiger partial charge in [-0.05, 0) is 48.6 Å². The predicted octanol–water partition coefficient (Wildman–Crippen LogP) is 4.42. The Kier molecular flexibility index (Phi) is 5.44. The van der Waals surface area contributed by atoms with Crippen LogP contribution in [-0.2, 0) is 16.1 Å². The standard InChI is InChI=1S/C22H25ClN2O3/c1-15-5-2-3-7-19(15)24-14-20(26)25(13-18-6-4-12-28-18)21(22(24)27)16-8-10-17(23)11-9-16/h4,6,8-12,15,19,21H,2-3,5,7,13-14H2,1H3. The molecule has 2 amide bonds. The van der Waals surface area contributed by atoms with Crippen LogP contribution in [0.5, 0.6) is 0 Å². The monoisotopic (exact) mass is 400 g/mol.